The van der Waals surface area contributed by atoms with Crippen molar-refractivity contribution in [3.8, 4) is 5.75 Å². The molecule has 2 aromatic carbocycles. The molecule has 10 heteroatoms. The number of hydrogen-bond donors (Lipinski definition) is 1. The first-order valence-electron chi connectivity index (χ1n) is 11.5. The van der Waals surface area contributed by atoms with E-state index in [0.717, 1.165) is 11.3 Å². The second-order valence-electron chi connectivity index (χ2n) is 9.31. The molecular formula is C25H34ClN3O5S. The first-order chi connectivity index (χ1) is 16.4. The zero-order chi connectivity index (χ0) is 25.9. The van der Waals surface area contributed by atoms with E-state index >= 15 is 0 Å². The van der Waals surface area contributed by atoms with Crippen molar-refractivity contribution in [1.82, 2.24) is 9.21 Å². The number of benzene rings is 2. The summed E-state index contributed by atoms with van der Waals surface area (Å²) < 4.78 is 34.1. The quantitative estimate of drug-likeness (QED) is 0.600. The SMILES string of the molecule is C[C@H]1CN([C@@H](C)CO)C(=O)Cc2cc(N(C)C)ccc2O[C@H]1CN(C)S(=O)(=O)c1ccc(Cl)cc1. The average molecular weight is 524 g/mol. The molecule has 2 aromatic rings. The van der Waals surface area contributed by atoms with Crippen molar-refractivity contribution < 1.29 is 23.1 Å². The van der Waals surface area contributed by atoms with E-state index in [0.29, 0.717) is 17.3 Å². The number of aliphatic hydroxyl groups is 1. The number of carbonyl (C=O) groups is 1. The van der Waals surface area contributed by atoms with E-state index in [2.05, 4.69) is 0 Å². The van der Waals surface area contributed by atoms with Crippen LogP contribution < -0.4 is 9.64 Å². The monoisotopic (exact) mass is 523 g/mol. The first kappa shape index (κ1) is 27.3. The van der Waals surface area contributed by atoms with Crippen molar-refractivity contribution >= 4 is 33.2 Å². The Morgan fingerprint density at radius 1 is 1.17 bits per heavy atom. The standard InChI is InChI=1S/C25H34ClN3O5S/c1-17-14-29(18(2)16-30)25(31)13-19-12-21(27(3)4)8-11-23(19)34-24(17)15-28(5)35(32,33)22-9-6-20(26)7-10-22/h6-12,17-18,24,30H,13-16H2,1-5H3/t17-,18-,24-/m0/s1. The summed E-state index contributed by atoms with van der Waals surface area (Å²) in [4.78, 5) is 17.0. The summed E-state index contributed by atoms with van der Waals surface area (Å²) >= 11 is 5.93. The molecule has 1 aliphatic heterocycles. The third-order valence-corrected chi connectivity index (χ3v) is 8.46. The highest BCUT2D eigenvalue weighted by molar-refractivity contribution is 7.89. The number of anilines is 1. The van der Waals surface area contributed by atoms with Gasteiger partial charge in [0.15, 0.2) is 0 Å². The van der Waals surface area contributed by atoms with Crippen molar-refractivity contribution in [2.24, 2.45) is 5.92 Å². The summed E-state index contributed by atoms with van der Waals surface area (Å²) in [5, 5.41) is 10.2. The van der Waals surface area contributed by atoms with Crippen LogP contribution in [0.1, 0.15) is 19.4 Å². The fraction of sp³-hybridized carbons (Fsp3) is 0.480. The van der Waals surface area contributed by atoms with Crippen LogP contribution in [0.25, 0.3) is 0 Å². The minimum atomic E-state index is -3.78. The molecular weight excluding hydrogens is 490 g/mol. The number of sulfonamides is 1. The molecule has 35 heavy (non-hydrogen) atoms. The van der Waals surface area contributed by atoms with E-state index in [9.17, 15) is 18.3 Å². The summed E-state index contributed by atoms with van der Waals surface area (Å²) in [5.74, 6) is 0.230. The summed E-state index contributed by atoms with van der Waals surface area (Å²) in [6.45, 7) is 3.97. The Kier molecular flexibility index (Phi) is 8.69. The number of nitrogens with zero attached hydrogens (tertiary/aromatic N) is 3. The second kappa shape index (κ2) is 11.2. The number of rotatable bonds is 7. The smallest absolute Gasteiger partial charge is 0.242 e. The molecule has 8 nitrogen and oxygen atoms in total. The molecule has 0 fully saturated rings. The van der Waals surface area contributed by atoms with Crippen LogP contribution in [-0.4, -0.2) is 81.6 Å². The number of likely N-dealkylation sites (N-methyl/N-ethyl adjacent to an activating group) is 1. The Labute approximate surface area is 213 Å². The van der Waals surface area contributed by atoms with Crippen LogP contribution in [0.3, 0.4) is 0 Å². The Hall–Kier alpha value is -2.33. The summed E-state index contributed by atoms with van der Waals surface area (Å²) in [6, 6.07) is 11.3. The summed E-state index contributed by atoms with van der Waals surface area (Å²) in [6.07, 6.45) is -0.412. The van der Waals surface area contributed by atoms with Crippen molar-refractivity contribution in [3.05, 3.63) is 53.1 Å². The number of amides is 1. The molecule has 0 radical (unpaired) electrons. The second-order valence-corrected chi connectivity index (χ2v) is 11.8. The van der Waals surface area contributed by atoms with Crippen LogP contribution in [-0.2, 0) is 21.2 Å². The first-order valence-corrected chi connectivity index (χ1v) is 13.3. The van der Waals surface area contributed by atoms with Crippen LogP contribution in [0.4, 0.5) is 5.69 Å². The summed E-state index contributed by atoms with van der Waals surface area (Å²) in [7, 11) is 1.57. The molecule has 0 spiro atoms. The third kappa shape index (κ3) is 6.27. The fourth-order valence-electron chi connectivity index (χ4n) is 4.05. The molecule has 3 atom stereocenters. The van der Waals surface area contributed by atoms with E-state index in [1.807, 2.05) is 44.1 Å². The van der Waals surface area contributed by atoms with Gasteiger partial charge in [-0.3, -0.25) is 4.79 Å². The van der Waals surface area contributed by atoms with Gasteiger partial charge in [-0.2, -0.15) is 4.31 Å². The van der Waals surface area contributed by atoms with E-state index in [-0.39, 0.29) is 42.3 Å². The van der Waals surface area contributed by atoms with Crippen molar-refractivity contribution in [1.29, 1.82) is 0 Å². The molecule has 1 aliphatic rings. The maximum atomic E-state index is 13.2. The van der Waals surface area contributed by atoms with Crippen LogP contribution in [0.15, 0.2) is 47.4 Å². The van der Waals surface area contributed by atoms with Crippen LogP contribution in [0.2, 0.25) is 5.02 Å². The summed E-state index contributed by atoms with van der Waals surface area (Å²) in [5.41, 5.74) is 1.65. The molecule has 1 amide bonds. The highest BCUT2D eigenvalue weighted by Crippen LogP contribution is 2.30. The maximum Gasteiger partial charge on any atom is 0.242 e. The van der Waals surface area contributed by atoms with E-state index in [1.165, 1.54) is 23.5 Å². The van der Waals surface area contributed by atoms with Gasteiger partial charge in [-0.15, -0.1) is 0 Å². The predicted molar refractivity (Wildman–Crippen MR) is 138 cm³/mol. The van der Waals surface area contributed by atoms with Gasteiger partial charge < -0.3 is 19.6 Å². The number of fused-ring (bicyclic) bond motifs is 1. The van der Waals surface area contributed by atoms with Gasteiger partial charge >= 0.3 is 0 Å². The van der Waals surface area contributed by atoms with Crippen LogP contribution in [0, 0.1) is 5.92 Å². The average Bonchev–Trinajstić information content (AvgIpc) is 2.86. The lowest BCUT2D eigenvalue weighted by Crippen LogP contribution is -2.48. The normalized spacial score (nSPS) is 19.9. The third-order valence-electron chi connectivity index (χ3n) is 6.38. The molecule has 0 aliphatic carbocycles. The lowest BCUT2D eigenvalue weighted by molar-refractivity contribution is -0.134. The molecule has 0 unspecified atom stereocenters. The number of aliphatic hydroxyl groups excluding tert-OH is 1. The Morgan fingerprint density at radius 3 is 2.43 bits per heavy atom. The minimum absolute atomic E-state index is 0.0799. The minimum Gasteiger partial charge on any atom is -0.488 e. The zero-order valence-corrected chi connectivity index (χ0v) is 22.4. The topological polar surface area (TPSA) is 90.4 Å². The Bertz CT molecular complexity index is 1140. The number of carbonyl (C=O) groups excluding carboxylic acids is 1. The molecule has 1 N–H and O–H groups in total. The van der Waals surface area contributed by atoms with Crippen molar-refractivity contribution in [2.75, 3.05) is 45.7 Å². The van der Waals surface area contributed by atoms with E-state index < -0.39 is 16.1 Å². The van der Waals surface area contributed by atoms with E-state index in [4.69, 9.17) is 16.3 Å². The highest BCUT2D eigenvalue weighted by atomic mass is 35.5. The lowest BCUT2D eigenvalue weighted by Gasteiger charge is -2.33. The van der Waals surface area contributed by atoms with Gasteiger partial charge in [-0.1, -0.05) is 18.5 Å². The van der Waals surface area contributed by atoms with Gasteiger partial charge in [0.05, 0.1) is 30.5 Å². The lowest BCUT2D eigenvalue weighted by atomic mass is 10.0. The van der Waals surface area contributed by atoms with Gasteiger partial charge in [0.2, 0.25) is 15.9 Å². The number of ether oxygens (including phenoxy) is 1. The molecule has 1 heterocycles. The Morgan fingerprint density at radius 2 is 1.83 bits per heavy atom. The molecule has 0 saturated carbocycles. The largest absolute Gasteiger partial charge is 0.488 e. The van der Waals surface area contributed by atoms with Gasteiger partial charge in [-0.05, 0) is 49.4 Å². The van der Waals surface area contributed by atoms with Crippen LogP contribution in [0.5, 0.6) is 5.75 Å². The molecule has 0 saturated heterocycles. The molecule has 0 aromatic heterocycles. The molecule has 3 rings (SSSR count). The van der Waals surface area contributed by atoms with E-state index in [1.54, 1.807) is 24.0 Å². The maximum absolute atomic E-state index is 13.2. The highest BCUT2D eigenvalue weighted by Gasteiger charge is 2.33. The van der Waals surface area contributed by atoms with Gasteiger partial charge in [0.25, 0.3) is 0 Å². The molecule has 192 valence electrons. The van der Waals surface area contributed by atoms with Gasteiger partial charge in [0.1, 0.15) is 11.9 Å². The fourth-order valence-corrected chi connectivity index (χ4v) is 5.36. The number of halogens is 1. The van der Waals surface area contributed by atoms with Crippen molar-refractivity contribution in [3.63, 3.8) is 0 Å². The van der Waals surface area contributed by atoms with Gasteiger partial charge in [-0.25, -0.2) is 8.42 Å². The Balaban J connectivity index is 1.97. The van der Waals surface area contributed by atoms with Crippen LogP contribution >= 0.6 is 11.6 Å². The predicted octanol–water partition coefficient (Wildman–Crippen LogP) is 2.88. The number of hydrogen-bond acceptors (Lipinski definition) is 6. The molecule has 0 bridgehead atoms. The van der Waals surface area contributed by atoms with Crippen molar-refractivity contribution in [2.45, 2.75) is 37.3 Å². The van der Waals surface area contributed by atoms with Gasteiger partial charge in [0, 0.05) is 49.9 Å². The zero-order valence-electron chi connectivity index (χ0n) is 20.8.